The van der Waals surface area contributed by atoms with Crippen LogP contribution in [0.15, 0.2) is 42.7 Å². The number of carbonyl (C=O) groups excluding carboxylic acids is 1. The second kappa shape index (κ2) is 6.82. The highest BCUT2D eigenvalue weighted by molar-refractivity contribution is 5.78. The monoisotopic (exact) mass is 310 g/mol. The number of aryl methyl sites for hydroxylation is 2. The fourth-order valence-corrected chi connectivity index (χ4v) is 2.52. The Balaban J connectivity index is 1.61. The molecule has 0 spiro atoms. The van der Waals surface area contributed by atoms with Gasteiger partial charge in [-0.1, -0.05) is 6.07 Å². The summed E-state index contributed by atoms with van der Waals surface area (Å²) in [6.07, 6.45) is 5.69. The van der Waals surface area contributed by atoms with E-state index in [0.717, 1.165) is 24.2 Å². The molecule has 4 heteroatoms. The van der Waals surface area contributed by atoms with E-state index < -0.39 is 0 Å². The van der Waals surface area contributed by atoms with Gasteiger partial charge in [-0.15, -0.1) is 0 Å². The molecule has 1 aromatic heterocycles. The molecule has 1 fully saturated rings. The molecule has 0 N–H and O–H groups in total. The molecular weight excluding hydrogens is 288 g/mol. The van der Waals surface area contributed by atoms with Crippen LogP contribution >= 0.6 is 0 Å². The predicted octanol–water partition coefficient (Wildman–Crippen LogP) is 3.27. The van der Waals surface area contributed by atoms with Crippen molar-refractivity contribution in [2.45, 2.75) is 39.3 Å². The third-order valence-corrected chi connectivity index (χ3v) is 4.25. The first-order chi connectivity index (χ1) is 11.1. The molecule has 2 aromatic rings. The van der Waals surface area contributed by atoms with Gasteiger partial charge < -0.3 is 9.64 Å². The topological polar surface area (TPSA) is 42.4 Å². The summed E-state index contributed by atoms with van der Waals surface area (Å²) >= 11 is 0. The SMILES string of the molecule is Cc1ccc(OCC(=O)N(Cc2ccncc2)C2CC2)cc1C. The van der Waals surface area contributed by atoms with Gasteiger partial charge in [0, 0.05) is 25.0 Å². The van der Waals surface area contributed by atoms with Crippen molar-refractivity contribution in [2.24, 2.45) is 0 Å². The zero-order valence-electron chi connectivity index (χ0n) is 13.7. The van der Waals surface area contributed by atoms with Crippen LogP contribution in [0.3, 0.4) is 0 Å². The molecule has 0 unspecified atom stereocenters. The number of carbonyl (C=O) groups is 1. The van der Waals surface area contributed by atoms with Crippen LogP contribution in [0.1, 0.15) is 29.5 Å². The third kappa shape index (κ3) is 4.09. The second-order valence-electron chi connectivity index (χ2n) is 6.14. The Morgan fingerprint density at radius 3 is 2.57 bits per heavy atom. The van der Waals surface area contributed by atoms with Crippen LogP contribution in [0.4, 0.5) is 0 Å². The van der Waals surface area contributed by atoms with Gasteiger partial charge >= 0.3 is 0 Å². The summed E-state index contributed by atoms with van der Waals surface area (Å²) in [6, 6.07) is 10.2. The number of nitrogens with zero attached hydrogens (tertiary/aromatic N) is 2. The molecule has 1 amide bonds. The molecule has 1 aromatic carbocycles. The van der Waals surface area contributed by atoms with E-state index in [0.29, 0.717) is 12.6 Å². The molecule has 1 aliphatic rings. The van der Waals surface area contributed by atoms with Gasteiger partial charge in [0.25, 0.3) is 5.91 Å². The minimum atomic E-state index is 0.0440. The number of hydrogen-bond donors (Lipinski definition) is 0. The van der Waals surface area contributed by atoms with E-state index in [-0.39, 0.29) is 12.5 Å². The summed E-state index contributed by atoms with van der Waals surface area (Å²) in [5.74, 6) is 0.795. The van der Waals surface area contributed by atoms with Crippen LogP contribution in [0.5, 0.6) is 5.75 Å². The number of ether oxygens (including phenoxy) is 1. The summed E-state index contributed by atoms with van der Waals surface area (Å²) in [5, 5.41) is 0. The Hall–Kier alpha value is -2.36. The molecular formula is C19H22N2O2. The zero-order chi connectivity index (χ0) is 16.2. The van der Waals surface area contributed by atoms with E-state index in [1.165, 1.54) is 11.1 Å². The summed E-state index contributed by atoms with van der Waals surface area (Å²) < 4.78 is 5.70. The average Bonchev–Trinajstić information content (AvgIpc) is 3.39. The zero-order valence-corrected chi connectivity index (χ0v) is 13.7. The Morgan fingerprint density at radius 2 is 1.91 bits per heavy atom. The first-order valence-corrected chi connectivity index (χ1v) is 8.02. The summed E-state index contributed by atoms with van der Waals surface area (Å²) in [7, 11) is 0. The van der Waals surface area contributed by atoms with Crippen molar-refractivity contribution in [2.75, 3.05) is 6.61 Å². The predicted molar refractivity (Wildman–Crippen MR) is 89.2 cm³/mol. The number of aromatic nitrogens is 1. The van der Waals surface area contributed by atoms with Gasteiger partial charge in [-0.2, -0.15) is 0 Å². The number of rotatable bonds is 6. The second-order valence-corrected chi connectivity index (χ2v) is 6.14. The lowest BCUT2D eigenvalue weighted by atomic mass is 10.1. The van der Waals surface area contributed by atoms with Crippen molar-refractivity contribution >= 4 is 5.91 Å². The number of hydrogen-bond acceptors (Lipinski definition) is 3. The van der Waals surface area contributed by atoms with Crippen molar-refractivity contribution in [3.05, 3.63) is 59.4 Å². The van der Waals surface area contributed by atoms with Crippen LogP contribution in [0, 0.1) is 13.8 Å². The van der Waals surface area contributed by atoms with Gasteiger partial charge in [-0.05, 0) is 67.6 Å². The Bertz CT molecular complexity index is 681. The highest BCUT2D eigenvalue weighted by atomic mass is 16.5. The molecule has 3 rings (SSSR count). The molecule has 4 nitrogen and oxygen atoms in total. The van der Waals surface area contributed by atoms with Gasteiger partial charge in [0.05, 0.1) is 0 Å². The smallest absolute Gasteiger partial charge is 0.261 e. The maximum absolute atomic E-state index is 12.5. The Kier molecular flexibility index (Phi) is 4.60. The van der Waals surface area contributed by atoms with E-state index in [1.807, 2.05) is 42.2 Å². The lowest BCUT2D eigenvalue weighted by Crippen LogP contribution is -2.36. The number of benzene rings is 1. The molecule has 1 aliphatic carbocycles. The van der Waals surface area contributed by atoms with Crippen LogP contribution in [-0.2, 0) is 11.3 Å². The van der Waals surface area contributed by atoms with Crippen LogP contribution in [-0.4, -0.2) is 28.4 Å². The molecule has 0 bridgehead atoms. The lowest BCUT2D eigenvalue weighted by molar-refractivity contribution is -0.134. The molecule has 1 saturated carbocycles. The van der Waals surface area contributed by atoms with E-state index in [1.54, 1.807) is 12.4 Å². The highest BCUT2D eigenvalue weighted by Crippen LogP contribution is 2.28. The standard InChI is InChI=1S/C19H22N2O2/c1-14-3-6-18(11-15(14)2)23-13-19(22)21(17-4-5-17)12-16-7-9-20-10-8-16/h3,6-11,17H,4-5,12-13H2,1-2H3. The fraction of sp³-hybridized carbons (Fsp3) is 0.368. The molecule has 1 heterocycles. The molecule has 0 radical (unpaired) electrons. The first-order valence-electron chi connectivity index (χ1n) is 8.02. The minimum Gasteiger partial charge on any atom is -0.484 e. The highest BCUT2D eigenvalue weighted by Gasteiger charge is 2.32. The Labute approximate surface area is 137 Å². The van der Waals surface area contributed by atoms with Gasteiger partial charge in [0.15, 0.2) is 6.61 Å². The largest absolute Gasteiger partial charge is 0.484 e. The average molecular weight is 310 g/mol. The number of pyridine rings is 1. The Morgan fingerprint density at radius 1 is 1.17 bits per heavy atom. The third-order valence-electron chi connectivity index (χ3n) is 4.25. The summed E-state index contributed by atoms with van der Waals surface area (Å²) in [6.45, 7) is 4.82. The first kappa shape index (κ1) is 15.5. The molecule has 23 heavy (non-hydrogen) atoms. The van der Waals surface area contributed by atoms with Crippen molar-refractivity contribution in [1.82, 2.24) is 9.88 Å². The maximum Gasteiger partial charge on any atom is 0.261 e. The van der Waals surface area contributed by atoms with Crippen LogP contribution < -0.4 is 4.74 Å². The van der Waals surface area contributed by atoms with Crippen LogP contribution in [0.25, 0.3) is 0 Å². The molecule has 0 aliphatic heterocycles. The van der Waals surface area contributed by atoms with E-state index >= 15 is 0 Å². The van der Waals surface area contributed by atoms with Gasteiger partial charge in [-0.25, -0.2) is 0 Å². The van der Waals surface area contributed by atoms with Crippen molar-refractivity contribution < 1.29 is 9.53 Å². The van der Waals surface area contributed by atoms with Crippen LogP contribution in [0.2, 0.25) is 0 Å². The van der Waals surface area contributed by atoms with E-state index in [4.69, 9.17) is 4.74 Å². The maximum atomic E-state index is 12.5. The molecule has 0 atom stereocenters. The quantitative estimate of drug-likeness (QED) is 0.822. The normalized spacial score (nSPS) is 13.7. The number of amides is 1. The van der Waals surface area contributed by atoms with E-state index in [9.17, 15) is 4.79 Å². The van der Waals surface area contributed by atoms with Crippen molar-refractivity contribution in [3.63, 3.8) is 0 Å². The summed E-state index contributed by atoms with van der Waals surface area (Å²) in [4.78, 5) is 18.5. The van der Waals surface area contributed by atoms with E-state index in [2.05, 4.69) is 11.9 Å². The fourth-order valence-electron chi connectivity index (χ4n) is 2.52. The minimum absolute atomic E-state index is 0.0440. The van der Waals surface area contributed by atoms with Crippen molar-refractivity contribution in [1.29, 1.82) is 0 Å². The molecule has 120 valence electrons. The van der Waals surface area contributed by atoms with Gasteiger partial charge in [0.2, 0.25) is 0 Å². The molecule has 0 saturated heterocycles. The van der Waals surface area contributed by atoms with Gasteiger partial charge in [0.1, 0.15) is 5.75 Å². The lowest BCUT2D eigenvalue weighted by Gasteiger charge is -2.22. The summed E-state index contributed by atoms with van der Waals surface area (Å²) in [5.41, 5.74) is 3.50. The van der Waals surface area contributed by atoms with Gasteiger partial charge in [-0.3, -0.25) is 9.78 Å². The van der Waals surface area contributed by atoms with Crippen molar-refractivity contribution in [3.8, 4) is 5.75 Å².